The van der Waals surface area contributed by atoms with Crippen molar-refractivity contribution >= 4 is 21.6 Å². The SMILES string of the molecule is CNc1ccc(C(=O)NC2C(C)(C)[C@@H]3CC[C@@]2(C)C3)cc1S(=O)(=O)N1CCC(O)C1. The van der Waals surface area contributed by atoms with E-state index in [0.29, 0.717) is 23.6 Å². The van der Waals surface area contributed by atoms with Gasteiger partial charge in [-0.3, -0.25) is 4.79 Å². The largest absolute Gasteiger partial charge is 0.392 e. The lowest BCUT2D eigenvalue weighted by atomic mass is 9.68. The van der Waals surface area contributed by atoms with Gasteiger partial charge in [-0.25, -0.2) is 8.42 Å². The second-order valence-electron chi connectivity index (χ2n) is 10.1. The first kappa shape index (κ1) is 21.6. The minimum absolute atomic E-state index is 0.0220. The maximum atomic E-state index is 13.2. The van der Waals surface area contributed by atoms with Crippen molar-refractivity contribution in [2.45, 2.75) is 63.5 Å². The number of sulfonamides is 1. The molecule has 4 rings (SSSR count). The second-order valence-corrected chi connectivity index (χ2v) is 12.0. The Balaban J connectivity index is 1.63. The number of fused-ring (bicyclic) bond motifs is 2. The summed E-state index contributed by atoms with van der Waals surface area (Å²) in [6, 6.07) is 4.83. The smallest absolute Gasteiger partial charge is 0.251 e. The van der Waals surface area contributed by atoms with Crippen LogP contribution in [-0.2, 0) is 10.0 Å². The molecule has 4 atom stereocenters. The van der Waals surface area contributed by atoms with E-state index in [4.69, 9.17) is 0 Å². The van der Waals surface area contributed by atoms with Crippen molar-refractivity contribution < 1.29 is 18.3 Å². The molecule has 1 aliphatic heterocycles. The van der Waals surface area contributed by atoms with Crippen LogP contribution in [0, 0.1) is 16.7 Å². The van der Waals surface area contributed by atoms with E-state index in [-0.39, 0.29) is 40.8 Å². The molecule has 3 aliphatic rings. The molecule has 1 heterocycles. The molecule has 7 nitrogen and oxygen atoms in total. The number of anilines is 1. The molecule has 1 amide bonds. The highest BCUT2D eigenvalue weighted by molar-refractivity contribution is 7.89. The molecule has 166 valence electrons. The highest BCUT2D eigenvalue weighted by Gasteiger charge is 2.59. The summed E-state index contributed by atoms with van der Waals surface area (Å²) in [4.78, 5) is 13.3. The first-order valence-electron chi connectivity index (χ1n) is 10.8. The second kappa shape index (κ2) is 7.21. The van der Waals surface area contributed by atoms with E-state index >= 15 is 0 Å². The van der Waals surface area contributed by atoms with Gasteiger partial charge in [0.25, 0.3) is 5.91 Å². The van der Waals surface area contributed by atoms with Gasteiger partial charge < -0.3 is 15.7 Å². The molecule has 2 bridgehead atoms. The Kier molecular flexibility index (Phi) is 5.19. The van der Waals surface area contributed by atoms with E-state index in [1.54, 1.807) is 19.2 Å². The first-order valence-corrected chi connectivity index (χ1v) is 12.2. The molecule has 1 aromatic rings. The van der Waals surface area contributed by atoms with Crippen LogP contribution in [0.1, 0.15) is 56.8 Å². The molecule has 2 aliphatic carbocycles. The number of amides is 1. The monoisotopic (exact) mass is 435 g/mol. The minimum atomic E-state index is -3.81. The summed E-state index contributed by atoms with van der Waals surface area (Å²) in [6.07, 6.45) is 3.22. The average molecular weight is 436 g/mol. The summed E-state index contributed by atoms with van der Waals surface area (Å²) in [6.45, 7) is 7.07. The number of carbonyl (C=O) groups is 1. The van der Waals surface area contributed by atoms with Crippen molar-refractivity contribution in [1.82, 2.24) is 9.62 Å². The van der Waals surface area contributed by atoms with Crippen molar-refractivity contribution in [3.8, 4) is 0 Å². The molecule has 2 unspecified atom stereocenters. The van der Waals surface area contributed by atoms with Crippen LogP contribution in [0.3, 0.4) is 0 Å². The van der Waals surface area contributed by atoms with E-state index in [1.165, 1.54) is 16.8 Å². The highest BCUT2D eigenvalue weighted by atomic mass is 32.2. The molecular formula is C22H33N3O4S. The quantitative estimate of drug-likeness (QED) is 0.660. The Bertz CT molecular complexity index is 956. The van der Waals surface area contributed by atoms with Gasteiger partial charge in [0.2, 0.25) is 10.0 Å². The standard InChI is InChI=1S/C22H33N3O4S/c1-21(2)15-7-9-22(3,12-15)20(21)24-19(27)14-5-6-17(23-4)18(11-14)30(28,29)25-10-8-16(26)13-25/h5-6,11,15-16,20,23,26H,7-10,12-13H2,1-4H3,(H,24,27)/t15-,16?,20?,22+/m1/s1. The van der Waals surface area contributed by atoms with Crippen molar-refractivity contribution in [2.24, 2.45) is 16.7 Å². The summed E-state index contributed by atoms with van der Waals surface area (Å²) in [5.74, 6) is 0.374. The molecule has 2 saturated carbocycles. The van der Waals surface area contributed by atoms with Gasteiger partial charge in [0, 0.05) is 31.7 Å². The van der Waals surface area contributed by atoms with Crippen LogP contribution in [-0.4, -0.2) is 56.0 Å². The van der Waals surface area contributed by atoms with Crippen LogP contribution >= 0.6 is 0 Å². The molecule has 0 aromatic heterocycles. The average Bonchev–Trinajstić information content (AvgIpc) is 3.36. The van der Waals surface area contributed by atoms with Crippen molar-refractivity contribution in [1.29, 1.82) is 0 Å². The zero-order valence-electron chi connectivity index (χ0n) is 18.2. The normalized spacial score (nSPS) is 33.0. The number of aliphatic hydroxyl groups excluding tert-OH is 1. The number of aliphatic hydroxyl groups is 1. The molecule has 3 fully saturated rings. The summed E-state index contributed by atoms with van der Waals surface area (Å²) >= 11 is 0. The van der Waals surface area contributed by atoms with Gasteiger partial charge in [-0.1, -0.05) is 20.8 Å². The Morgan fingerprint density at radius 3 is 2.53 bits per heavy atom. The first-order chi connectivity index (χ1) is 14.0. The topological polar surface area (TPSA) is 98.7 Å². The number of carbonyl (C=O) groups excluding carboxylic acids is 1. The summed E-state index contributed by atoms with van der Waals surface area (Å²) in [5.41, 5.74) is 0.901. The van der Waals surface area contributed by atoms with E-state index in [1.807, 2.05) is 0 Å². The number of hydrogen-bond acceptors (Lipinski definition) is 5. The fourth-order valence-corrected chi connectivity index (χ4v) is 7.74. The Labute approximate surface area is 179 Å². The molecule has 3 N–H and O–H groups in total. The van der Waals surface area contributed by atoms with Crippen LogP contribution in [0.4, 0.5) is 5.69 Å². The van der Waals surface area contributed by atoms with E-state index in [9.17, 15) is 18.3 Å². The van der Waals surface area contributed by atoms with Gasteiger partial charge >= 0.3 is 0 Å². The van der Waals surface area contributed by atoms with Gasteiger partial charge in [-0.05, 0) is 60.6 Å². The van der Waals surface area contributed by atoms with Crippen LogP contribution in [0.15, 0.2) is 23.1 Å². The fraction of sp³-hybridized carbons (Fsp3) is 0.682. The molecular weight excluding hydrogens is 402 g/mol. The predicted octanol–water partition coefficient (Wildman–Crippen LogP) is 2.43. The molecule has 0 radical (unpaired) electrons. The maximum absolute atomic E-state index is 13.2. The van der Waals surface area contributed by atoms with E-state index in [0.717, 1.165) is 12.8 Å². The molecule has 8 heteroatoms. The van der Waals surface area contributed by atoms with Crippen LogP contribution < -0.4 is 10.6 Å². The third-order valence-electron chi connectivity index (χ3n) is 7.80. The zero-order valence-corrected chi connectivity index (χ0v) is 19.1. The fourth-order valence-electron chi connectivity index (χ4n) is 6.03. The van der Waals surface area contributed by atoms with Gasteiger partial charge in [-0.15, -0.1) is 0 Å². The highest BCUT2D eigenvalue weighted by Crippen LogP contribution is 2.62. The molecule has 1 aromatic carbocycles. The maximum Gasteiger partial charge on any atom is 0.251 e. The summed E-state index contributed by atoms with van der Waals surface area (Å²) in [7, 11) is -2.15. The number of nitrogens with zero attached hydrogens (tertiary/aromatic N) is 1. The Morgan fingerprint density at radius 2 is 1.97 bits per heavy atom. The number of benzene rings is 1. The van der Waals surface area contributed by atoms with Crippen LogP contribution in [0.5, 0.6) is 0 Å². The number of β-amino-alcohol motifs (C(OH)–C–C–N with tert-alkyl or cyclic N) is 1. The van der Waals surface area contributed by atoms with Crippen LogP contribution in [0.2, 0.25) is 0 Å². The lowest BCUT2D eigenvalue weighted by Crippen LogP contribution is -2.52. The van der Waals surface area contributed by atoms with Gasteiger partial charge in [0.1, 0.15) is 4.90 Å². The molecule has 0 spiro atoms. The van der Waals surface area contributed by atoms with Gasteiger partial charge in [0.15, 0.2) is 0 Å². The zero-order chi connectivity index (χ0) is 21.9. The Morgan fingerprint density at radius 1 is 1.23 bits per heavy atom. The Hall–Kier alpha value is -1.64. The molecule has 1 saturated heterocycles. The van der Waals surface area contributed by atoms with E-state index < -0.39 is 16.1 Å². The lowest BCUT2D eigenvalue weighted by Gasteiger charge is -2.43. The number of rotatable bonds is 5. The van der Waals surface area contributed by atoms with Crippen molar-refractivity contribution in [3.63, 3.8) is 0 Å². The third kappa shape index (κ3) is 3.33. The van der Waals surface area contributed by atoms with Crippen molar-refractivity contribution in [3.05, 3.63) is 23.8 Å². The van der Waals surface area contributed by atoms with Crippen molar-refractivity contribution in [2.75, 3.05) is 25.5 Å². The molecule has 30 heavy (non-hydrogen) atoms. The summed E-state index contributed by atoms with van der Waals surface area (Å²) in [5, 5.41) is 15.9. The minimum Gasteiger partial charge on any atom is -0.392 e. The summed E-state index contributed by atoms with van der Waals surface area (Å²) < 4.78 is 27.6. The predicted molar refractivity (Wildman–Crippen MR) is 116 cm³/mol. The van der Waals surface area contributed by atoms with E-state index in [2.05, 4.69) is 31.4 Å². The lowest BCUT2D eigenvalue weighted by molar-refractivity contribution is 0.0737. The third-order valence-corrected chi connectivity index (χ3v) is 9.71. The van der Waals surface area contributed by atoms with Crippen LogP contribution in [0.25, 0.3) is 0 Å². The van der Waals surface area contributed by atoms with Gasteiger partial charge in [-0.2, -0.15) is 4.31 Å². The number of nitrogens with one attached hydrogen (secondary N) is 2. The number of hydrogen-bond donors (Lipinski definition) is 3. The van der Waals surface area contributed by atoms with Gasteiger partial charge in [0.05, 0.1) is 11.8 Å².